The molecule has 0 saturated heterocycles. The summed E-state index contributed by atoms with van der Waals surface area (Å²) in [6.45, 7) is 9.87. The molecule has 1 aromatic heterocycles. The Balaban J connectivity index is 2.19. The van der Waals surface area contributed by atoms with Crippen molar-refractivity contribution < 1.29 is 13.9 Å². The summed E-state index contributed by atoms with van der Waals surface area (Å²) in [4.78, 5) is 25.7. The lowest BCUT2D eigenvalue weighted by Gasteiger charge is -2.30. The van der Waals surface area contributed by atoms with Crippen molar-refractivity contribution in [2.24, 2.45) is 0 Å². The molecule has 1 aromatic carbocycles. The van der Waals surface area contributed by atoms with Crippen LogP contribution >= 0.6 is 0 Å². The Labute approximate surface area is 142 Å². The Morgan fingerprint density at radius 3 is 2.42 bits per heavy atom. The van der Waals surface area contributed by atoms with Crippen LogP contribution in [0.15, 0.2) is 33.5 Å². The largest absolute Gasteiger partial charge is 0.484 e. The molecule has 0 bridgehead atoms. The van der Waals surface area contributed by atoms with Crippen LogP contribution < -0.4 is 10.4 Å². The molecule has 1 heterocycles. The smallest absolute Gasteiger partial charge is 0.336 e. The van der Waals surface area contributed by atoms with Crippen molar-refractivity contribution in [3.8, 4) is 5.75 Å². The van der Waals surface area contributed by atoms with Gasteiger partial charge >= 0.3 is 5.63 Å². The van der Waals surface area contributed by atoms with Gasteiger partial charge in [-0.1, -0.05) is 6.92 Å². The molecule has 0 N–H and O–H groups in total. The van der Waals surface area contributed by atoms with Gasteiger partial charge in [-0.2, -0.15) is 0 Å². The zero-order valence-electron chi connectivity index (χ0n) is 15.0. The molecule has 0 unspecified atom stereocenters. The zero-order chi connectivity index (χ0) is 17.9. The van der Waals surface area contributed by atoms with Crippen LogP contribution in [-0.2, 0) is 11.2 Å². The quantitative estimate of drug-likeness (QED) is 0.761. The van der Waals surface area contributed by atoms with Gasteiger partial charge in [0.15, 0.2) is 6.61 Å². The Morgan fingerprint density at radius 2 is 1.83 bits per heavy atom. The summed E-state index contributed by atoms with van der Waals surface area (Å²) in [5.41, 5.74) is 1.04. The van der Waals surface area contributed by atoms with Crippen molar-refractivity contribution in [3.05, 3.63) is 40.2 Å². The first kappa shape index (κ1) is 18.0. The lowest BCUT2D eigenvalue weighted by Crippen LogP contribution is -2.44. The third kappa shape index (κ3) is 3.96. The van der Waals surface area contributed by atoms with Crippen LogP contribution in [0.4, 0.5) is 0 Å². The van der Waals surface area contributed by atoms with Crippen molar-refractivity contribution >= 4 is 16.9 Å². The van der Waals surface area contributed by atoms with E-state index in [9.17, 15) is 9.59 Å². The molecule has 1 amide bonds. The fraction of sp³-hybridized carbons (Fsp3) is 0.474. The molecule has 0 aliphatic carbocycles. The standard InChI is InChI=1S/C19H25NO4/c1-6-14-9-19(22)24-17-10-15(7-8-16(14)17)23-11-18(21)20(12(2)3)13(4)5/h7-10,12-13H,6,11H2,1-5H3. The van der Waals surface area contributed by atoms with Crippen molar-refractivity contribution in [3.63, 3.8) is 0 Å². The van der Waals surface area contributed by atoms with E-state index in [0.29, 0.717) is 11.3 Å². The van der Waals surface area contributed by atoms with Gasteiger partial charge in [-0.15, -0.1) is 0 Å². The number of ether oxygens (including phenoxy) is 1. The first-order chi connectivity index (χ1) is 11.3. The van der Waals surface area contributed by atoms with Crippen LogP contribution in [0.1, 0.15) is 40.2 Å². The Hall–Kier alpha value is -2.30. The Morgan fingerprint density at radius 1 is 1.17 bits per heavy atom. The fourth-order valence-corrected chi connectivity index (χ4v) is 2.98. The molecule has 5 nitrogen and oxygen atoms in total. The van der Waals surface area contributed by atoms with E-state index in [1.165, 1.54) is 6.07 Å². The maximum absolute atomic E-state index is 12.3. The van der Waals surface area contributed by atoms with Crippen LogP contribution in [0.25, 0.3) is 11.0 Å². The monoisotopic (exact) mass is 331 g/mol. The highest BCUT2D eigenvalue weighted by atomic mass is 16.5. The second-order valence-corrected chi connectivity index (χ2v) is 6.38. The van der Waals surface area contributed by atoms with Gasteiger partial charge in [0, 0.05) is 29.6 Å². The summed E-state index contributed by atoms with van der Waals surface area (Å²) in [5.74, 6) is 0.448. The fourth-order valence-electron chi connectivity index (χ4n) is 2.98. The Kier molecular flexibility index (Phi) is 5.65. The first-order valence-corrected chi connectivity index (χ1v) is 8.34. The summed E-state index contributed by atoms with van der Waals surface area (Å²) >= 11 is 0. The Bertz CT molecular complexity index is 769. The van der Waals surface area contributed by atoms with Gasteiger partial charge in [0.25, 0.3) is 5.91 Å². The van der Waals surface area contributed by atoms with Crippen molar-refractivity contribution in [2.75, 3.05) is 6.61 Å². The zero-order valence-corrected chi connectivity index (χ0v) is 15.0. The number of carbonyl (C=O) groups excluding carboxylic acids is 1. The highest BCUT2D eigenvalue weighted by Gasteiger charge is 2.20. The average molecular weight is 331 g/mol. The van der Waals surface area contributed by atoms with E-state index < -0.39 is 0 Å². The van der Waals surface area contributed by atoms with Crippen molar-refractivity contribution in [1.82, 2.24) is 4.90 Å². The van der Waals surface area contributed by atoms with E-state index in [1.54, 1.807) is 17.0 Å². The molecule has 24 heavy (non-hydrogen) atoms. The topological polar surface area (TPSA) is 59.8 Å². The maximum Gasteiger partial charge on any atom is 0.336 e. The summed E-state index contributed by atoms with van der Waals surface area (Å²) < 4.78 is 10.9. The van der Waals surface area contributed by atoms with Crippen LogP contribution in [0.5, 0.6) is 5.75 Å². The van der Waals surface area contributed by atoms with E-state index in [2.05, 4.69) is 0 Å². The molecule has 0 radical (unpaired) electrons. The number of aryl methyl sites for hydroxylation is 1. The van der Waals surface area contributed by atoms with Gasteiger partial charge < -0.3 is 14.1 Å². The molecule has 0 spiro atoms. The third-order valence-corrected chi connectivity index (χ3v) is 3.95. The maximum atomic E-state index is 12.3. The second kappa shape index (κ2) is 7.51. The lowest BCUT2D eigenvalue weighted by atomic mass is 10.1. The predicted molar refractivity (Wildman–Crippen MR) is 94.5 cm³/mol. The number of rotatable bonds is 6. The lowest BCUT2D eigenvalue weighted by molar-refractivity contribution is -0.136. The van der Waals surface area contributed by atoms with Crippen LogP contribution in [0, 0.1) is 0 Å². The van der Waals surface area contributed by atoms with Crippen LogP contribution in [0.3, 0.4) is 0 Å². The van der Waals surface area contributed by atoms with Gasteiger partial charge in [0.05, 0.1) is 0 Å². The number of carbonyl (C=O) groups is 1. The molecule has 2 aromatic rings. The second-order valence-electron chi connectivity index (χ2n) is 6.38. The SMILES string of the molecule is CCc1cc(=O)oc2cc(OCC(=O)N(C(C)C)C(C)C)ccc12. The van der Waals surface area contributed by atoms with Crippen LogP contribution in [-0.4, -0.2) is 29.5 Å². The van der Waals surface area contributed by atoms with E-state index in [0.717, 1.165) is 17.4 Å². The number of nitrogens with zero attached hydrogens (tertiary/aromatic N) is 1. The van der Waals surface area contributed by atoms with E-state index in [-0.39, 0.29) is 30.2 Å². The van der Waals surface area contributed by atoms with Gasteiger partial charge in [-0.05, 0) is 51.8 Å². The molecule has 0 atom stereocenters. The number of hydrogen-bond acceptors (Lipinski definition) is 4. The molecule has 0 aliphatic rings. The summed E-state index contributed by atoms with van der Waals surface area (Å²) in [7, 11) is 0. The van der Waals surface area contributed by atoms with E-state index in [4.69, 9.17) is 9.15 Å². The number of amides is 1. The molecular formula is C19H25NO4. The molecule has 5 heteroatoms. The summed E-state index contributed by atoms with van der Waals surface area (Å²) in [6, 6.07) is 7.06. The minimum Gasteiger partial charge on any atom is -0.484 e. The minimum absolute atomic E-state index is 0.0421. The third-order valence-electron chi connectivity index (χ3n) is 3.95. The minimum atomic E-state index is -0.377. The van der Waals surface area contributed by atoms with Crippen LogP contribution in [0.2, 0.25) is 0 Å². The van der Waals surface area contributed by atoms with Gasteiger partial charge in [-0.3, -0.25) is 4.79 Å². The highest BCUT2D eigenvalue weighted by Crippen LogP contribution is 2.23. The number of benzene rings is 1. The van der Waals surface area contributed by atoms with E-state index >= 15 is 0 Å². The van der Waals surface area contributed by atoms with Gasteiger partial charge in [0.2, 0.25) is 0 Å². The normalized spacial score (nSPS) is 11.3. The van der Waals surface area contributed by atoms with E-state index in [1.807, 2.05) is 40.7 Å². The molecule has 0 fully saturated rings. The first-order valence-electron chi connectivity index (χ1n) is 8.34. The molecule has 130 valence electrons. The highest BCUT2D eigenvalue weighted by molar-refractivity contribution is 5.82. The molecule has 0 aliphatic heterocycles. The number of hydrogen-bond donors (Lipinski definition) is 0. The number of fused-ring (bicyclic) bond motifs is 1. The summed E-state index contributed by atoms with van der Waals surface area (Å²) in [5, 5.41) is 0.891. The van der Waals surface area contributed by atoms with Gasteiger partial charge in [-0.25, -0.2) is 4.79 Å². The van der Waals surface area contributed by atoms with Gasteiger partial charge in [0.1, 0.15) is 11.3 Å². The average Bonchev–Trinajstić information content (AvgIpc) is 2.50. The molecular weight excluding hydrogens is 306 g/mol. The predicted octanol–water partition coefficient (Wildman–Crippen LogP) is 3.38. The van der Waals surface area contributed by atoms with Crippen molar-refractivity contribution in [2.45, 2.75) is 53.1 Å². The molecule has 2 rings (SSSR count). The molecule has 0 saturated carbocycles. The van der Waals surface area contributed by atoms with Crippen molar-refractivity contribution in [1.29, 1.82) is 0 Å². The summed E-state index contributed by atoms with van der Waals surface area (Å²) in [6.07, 6.45) is 0.749.